The van der Waals surface area contributed by atoms with Crippen molar-refractivity contribution in [2.75, 3.05) is 0 Å². The summed E-state index contributed by atoms with van der Waals surface area (Å²) in [7, 11) is 0. The van der Waals surface area contributed by atoms with Gasteiger partial charge in [-0.2, -0.15) is 0 Å². The van der Waals surface area contributed by atoms with Crippen LogP contribution >= 0.6 is 0 Å². The molecule has 0 bridgehead atoms. The summed E-state index contributed by atoms with van der Waals surface area (Å²) in [4.78, 5) is 0. The minimum atomic E-state index is 0.884. The molecule has 1 aromatic carbocycles. The summed E-state index contributed by atoms with van der Waals surface area (Å²) >= 11 is 0. The Balaban J connectivity index is 0. The Morgan fingerprint density at radius 2 is 0.688 bits per heavy atom. The molecule has 0 unspecified atom stereocenters. The van der Waals surface area contributed by atoms with Gasteiger partial charge >= 0.3 is 0 Å². The van der Waals surface area contributed by atoms with E-state index in [-0.39, 0.29) is 0 Å². The topological polar surface area (TPSA) is 0 Å². The Hall–Kier alpha value is -0.780. The lowest BCUT2D eigenvalue weighted by Gasteiger charge is -1.90. The highest BCUT2D eigenvalue weighted by molar-refractivity contribution is 4.99. The normalized spacial score (nSPS) is 9.00. The molecule has 0 saturated carbocycles. The van der Waals surface area contributed by atoms with Crippen LogP contribution in [0.5, 0.6) is 0 Å². The molecule has 0 N–H and O–H groups in total. The second-order valence-corrected chi connectivity index (χ2v) is 4.76. The molecular weight excluding hydrogens is 192 g/mol. The lowest BCUT2D eigenvalue weighted by atomic mass is 10.2. The van der Waals surface area contributed by atoms with Crippen molar-refractivity contribution < 1.29 is 0 Å². The molecule has 94 valence electrons. The molecule has 0 nitrogen and oxygen atoms in total. The van der Waals surface area contributed by atoms with E-state index in [0.29, 0.717) is 0 Å². The molecular formula is C16H30. The van der Waals surface area contributed by atoms with Crippen molar-refractivity contribution in [3.8, 4) is 0 Å². The molecule has 16 heavy (non-hydrogen) atoms. The second-order valence-electron chi connectivity index (χ2n) is 4.76. The maximum atomic E-state index is 2.22. The van der Waals surface area contributed by atoms with E-state index < -0.39 is 0 Å². The van der Waals surface area contributed by atoms with Crippen LogP contribution < -0.4 is 0 Å². The fourth-order valence-corrected chi connectivity index (χ4v) is 0.385. The van der Waals surface area contributed by atoms with Crippen LogP contribution in [0.2, 0.25) is 0 Å². The molecule has 0 radical (unpaired) electrons. The van der Waals surface area contributed by atoms with Crippen molar-refractivity contribution in [2.24, 2.45) is 11.8 Å². The third-order valence-corrected chi connectivity index (χ3v) is 2.30. The van der Waals surface area contributed by atoms with Crippen molar-refractivity contribution >= 4 is 0 Å². The van der Waals surface area contributed by atoms with Gasteiger partial charge in [-0.15, -0.1) is 0 Å². The molecule has 0 heteroatoms. The van der Waals surface area contributed by atoms with Crippen LogP contribution in [0.25, 0.3) is 0 Å². The van der Waals surface area contributed by atoms with E-state index in [9.17, 15) is 0 Å². The fourth-order valence-electron chi connectivity index (χ4n) is 0.385. The fraction of sp³-hybridized carbons (Fsp3) is 0.625. The second kappa shape index (κ2) is 14.2. The van der Waals surface area contributed by atoms with Crippen molar-refractivity contribution in [1.82, 2.24) is 0 Å². The Kier molecular flexibility index (Phi) is 15.7. The van der Waals surface area contributed by atoms with Gasteiger partial charge in [0, 0.05) is 0 Å². The SMILES string of the molecule is CCC(C)C.CCC(C)C.c1ccccc1. The summed E-state index contributed by atoms with van der Waals surface area (Å²) in [6, 6.07) is 12.0. The minimum Gasteiger partial charge on any atom is -0.0651 e. The first kappa shape index (κ1) is 17.6. The highest BCUT2D eigenvalue weighted by Gasteiger charge is 1.80. The number of hydrogen-bond acceptors (Lipinski definition) is 0. The van der Waals surface area contributed by atoms with Gasteiger partial charge in [0.2, 0.25) is 0 Å². The molecule has 0 heterocycles. The Labute approximate surface area is 103 Å². The molecule has 0 aliphatic rings. The molecule has 0 aromatic heterocycles. The third-order valence-electron chi connectivity index (χ3n) is 2.30. The molecule has 0 fully saturated rings. The summed E-state index contributed by atoms with van der Waals surface area (Å²) in [6.45, 7) is 13.3. The molecule has 1 rings (SSSR count). The highest BCUT2D eigenvalue weighted by Crippen LogP contribution is 1.94. The average molecular weight is 222 g/mol. The largest absolute Gasteiger partial charge is 0.0651 e. The Morgan fingerprint density at radius 1 is 0.562 bits per heavy atom. The molecule has 1 aromatic rings. The summed E-state index contributed by atoms with van der Waals surface area (Å²) in [5, 5.41) is 0. The maximum absolute atomic E-state index is 2.22. The number of rotatable bonds is 2. The predicted octanol–water partition coefficient (Wildman–Crippen LogP) is 5.79. The van der Waals surface area contributed by atoms with Crippen molar-refractivity contribution in [3.05, 3.63) is 36.4 Å². The standard InChI is InChI=1S/C6H6.2C5H12/c1-2-4-6-5-3-1;2*1-4-5(2)3/h1-6H;2*5H,4H2,1-3H3. The van der Waals surface area contributed by atoms with E-state index in [2.05, 4.69) is 41.5 Å². The van der Waals surface area contributed by atoms with E-state index >= 15 is 0 Å². The summed E-state index contributed by atoms with van der Waals surface area (Å²) in [5.74, 6) is 1.77. The number of hydrogen-bond donors (Lipinski definition) is 0. The van der Waals surface area contributed by atoms with Crippen LogP contribution in [-0.4, -0.2) is 0 Å². The maximum Gasteiger partial charge on any atom is -0.0474 e. The molecule has 0 spiro atoms. The predicted molar refractivity (Wildman–Crippen MR) is 76.7 cm³/mol. The first-order valence-corrected chi connectivity index (χ1v) is 6.54. The summed E-state index contributed by atoms with van der Waals surface area (Å²) < 4.78 is 0. The summed E-state index contributed by atoms with van der Waals surface area (Å²) in [5.41, 5.74) is 0. The first-order valence-electron chi connectivity index (χ1n) is 6.54. The Morgan fingerprint density at radius 3 is 0.750 bits per heavy atom. The van der Waals surface area contributed by atoms with Crippen LogP contribution in [0.1, 0.15) is 54.4 Å². The highest BCUT2D eigenvalue weighted by atomic mass is 13.9. The van der Waals surface area contributed by atoms with Crippen LogP contribution in [0.15, 0.2) is 36.4 Å². The van der Waals surface area contributed by atoms with Crippen LogP contribution in [0.4, 0.5) is 0 Å². The summed E-state index contributed by atoms with van der Waals surface area (Å²) in [6.07, 6.45) is 2.61. The average Bonchev–Trinajstić information content (AvgIpc) is 2.32. The molecule has 0 aliphatic carbocycles. The van der Waals surface area contributed by atoms with Crippen LogP contribution in [0.3, 0.4) is 0 Å². The van der Waals surface area contributed by atoms with Gasteiger partial charge in [-0.25, -0.2) is 0 Å². The van der Waals surface area contributed by atoms with Gasteiger partial charge in [0.25, 0.3) is 0 Å². The van der Waals surface area contributed by atoms with Gasteiger partial charge in [-0.05, 0) is 11.8 Å². The molecule has 0 saturated heterocycles. The van der Waals surface area contributed by atoms with E-state index in [0.717, 1.165) is 11.8 Å². The monoisotopic (exact) mass is 222 g/mol. The molecule has 0 aliphatic heterocycles. The third kappa shape index (κ3) is 23.2. The van der Waals surface area contributed by atoms with E-state index in [1.165, 1.54) is 12.8 Å². The van der Waals surface area contributed by atoms with Gasteiger partial charge < -0.3 is 0 Å². The first-order chi connectivity index (χ1) is 7.54. The van der Waals surface area contributed by atoms with E-state index in [1.807, 2.05) is 36.4 Å². The van der Waals surface area contributed by atoms with E-state index in [1.54, 1.807) is 0 Å². The van der Waals surface area contributed by atoms with Gasteiger partial charge in [0.15, 0.2) is 0 Å². The van der Waals surface area contributed by atoms with Gasteiger partial charge in [0.1, 0.15) is 0 Å². The lowest BCUT2D eigenvalue weighted by Crippen LogP contribution is -1.77. The zero-order valence-electron chi connectivity index (χ0n) is 12.0. The van der Waals surface area contributed by atoms with Crippen LogP contribution in [0, 0.1) is 11.8 Å². The van der Waals surface area contributed by atoms with Gasteiger partial charge in [-0.1, -0.05) is 90.8 Å². The van der Waals surface area contributed by atoms with Crippen molar-refractivity contribution in [2.45, 2.75) is 54.4 Å². The zero-order chi connectivity index (χ0) is 12.8. The zero-order valence-corrected chi connectivity index (χ0v) is 12.0. The molecule has 0 atom stereocenters. The van der Waals surface area contributed by atoms with Crippen LogP contribution in [-0.2, 0) is 0 Å². The van der Waals surface area contributed by atoms with E-state index in [4.69, 9.17) is 0 Å². The van der Waals surface area contributed by atoms with Gasteiger partial charge in [-0.3, -0.25) is 0 Å². The lowest BCUT2D eigenvalue weighted by molar-refractivity contribution is 0.626. The molecule has 0 amide bonds. The Bertz CT molecular complexity index is 152. The van der Waals surface area contributed by atoms with Gasteiger partial charge in [0.05, 0.1) is 0 Å². The van der Waals surface area contributed by atoms with Crippen molar-refractivity contribution in [1.29, 1.82) is 0 Å². The smallest absolute Gasteiger partial charge is 0.0474 e. The quantitative estimate of drug-likeness (QED) is 0.594. The minimum absolute atomic E-state index is 0.884. The number of benzene rings is 1. The van der Waals surface area contributed by atoms with Crippen molar-refractivity contribution in [3.63, 3.8) is 0 Å².